The molecule has 1 aromatic carbocycles. The predicted molar refractivity (Wildman–Crippen MR) is 65.5 cm³/mol. The van der Waals surface area contributed by atoms with E-state index in [9.17, 15) is 13.9 Å². The van der Waals surface area contributed by atoms with Gasteiger partial charge in [-0.15, -0.1) is 0 Å². The molecule has 4 heteroatoms. The van der Waals surface area contributed by atoms with Gasteiger partial charge in [0.25, 0.3) is 5.76 Å². The maximum atomic E-state index is 12.3. The molecule has 17 heavy (non-hydrogen) atoms. The molecule has 0 aromatic heterocycles. The van der Waals surface area contributed by atoms with Crippen molar-refractivity contribution in [2.75, 3.05) is 6.61 Å². The fraction of sp³-hybridized carbons (Fsp3) is 0.538. The Kier molecular flexibility index (Phi) is 3.21. The van der Waals surface area contributed by atoms with Crippen LogP contribution >= 0.6 is 11.8 Å². The Balaban J connectivity index is 2.28. The molecule has 1 aliphatic rings. The zero-order chi connectivity index (χ0) is 12.7. The second kappa shape index (κ2) is 4.25. The molecule has 1 saturated carbocycles. The van der Waals surface area contributed by atoms with Gasteiger partial charge in [0.1, 0.15) is 0 Å². The van der Waals surface area contributed by atoms with Crippen LogP contribution in [0.5, 0.6) is 0 Å². The average molecular weight is 258 g/mol. The molecule has 0 saturated heterocycles. The molecule has 2 rings (SSSR count). The molecular formula is C13H16F2OS. The van der Waals surface area contributed by atoms with Crippen molar-refractivity contribution in [2.24, 2.45) is 5.41 Å². The van der Waals surface area contributed by atoms with Gasteiger partial charge >= 0.3 is 0 Å². The SMILES string of the molecule is CC1(C)CC1(CO)c1cccc(SC(F)F)c1. The molecule has 1 atom stereocenters. The molecule has 0 aliphatic heterocycles. The molecule has 1 fully saturated rings. The summed E-state index contributed by atoms with van der Waals surface area (Å²) < 4.78 is 24.6. The van der Waals surface area contributed by atoms with E-state index in [1.54, 1.807) is 18.2 Å². The van der Waals surface area contributed by atoms with E-state index in [1.807, 2.05) is 6.07 Å². The first-order valence-corrected chi connectivity index (χ1v) is 6.45. The molecule has 1 N–H and O–H groups in total. The van der Waals surface area contributed by atoms with Crippen molar-refractivity contribution in [1.29, 1.82) is 0 Å². The number of hydrogen-bond acceptors (Lipinski definition) is 2. The fourth-order valence-electron chi connectivity index (χ4n) is 2.53. The summed E-state index contributed by atoms with van der Waals surface area (Å²) in [5.41, 5.74) is 0.775. The number of halogens is 2. The van der Waals surface area contributed by atoms with Crippen LogP contribution in [0.1, 0.15) is 25.8 Å². The van der Waals surface area contributed by atoms with Gasteiger partial charge in [0.05, 0.1) is 6.61 Å². The summed E-state index contributed by atoms with van der Waals surface area (Å²) in [5, 5.41) is 9.56. The van der Waals surface area contributed by atoms with Gasteiger partial charge in [0.15, 0.2) is 0 Å². The van der Waals surface area contributed by atoms with Crippen LogP contribution in [-0.2, 0) is 5.41 Å². The molecule has 1 aromatic rings. The summed E-state index contributed by atoms with van der Waals surface area (Å²) in [4.78, 5) is 0.563. The molecule has 0 spiro atoms. The summed E-state index contributed by atoms with van der Waals surface area (Å²) in [6.45, 7) is 4.26. The Morgan fingerprint density at radius 3 is 2.53 bits per heavy atom. The number of rotatable bonds is 4. The van der Waals surface area contributed by atoms with Crippen molar-refractivity contribution < 1.29 is 13.9 Å². The van der Waals surface area contributed by atoms with Crippen molar-refractivity contribution in [2.45, 2.75) is 36.3 Å². The standard InChI is InChI=1S/C13H16F2OS/c1-12(2)7-13(12,8-16)9-4-3-5-10(6-9)17-11(14)15/h3-6,11,16H,7-8H2,1-2H3. The number of aliphatic hydroxyl groups excluding tert-OH is 1. The van der Waals surface area contributed by atoms with Crippen LogP contribution in [-0.4, -0.2) is 17.5 Å². The number of hydrogen-bond donors (Lipinski definition) is 1. The number of aliphatic hydroxyl groups is 1. The van der Waals surface area contributed by atoms with Crippen molar-refractivity contribution >= 4 is 11.8 Å². The van der Waals surface area contributed by atoms with Crippen LogP contribution in [0.3, 0.4) is 0 Å². The minimum Gasteiger partial charge on any atom is -0.395 e. The molecule has 0 heterocycles. The Labute approximate surface area is 104 Å². The molecule has 94 valence electrons. The summed E-state index contributed by atoms with van der Waals surface area (Å²) >= 11 is 0.552. The van der Waals surface area contributed by atoms with Crippen molar-refractivity contribution in [1.82, 2.24) is 0 Å². The van der Waals surface area contributed by atoms with Gasteiger partial charge in [-0.25, -0.2) is 0 Å². The van der Waals surface area contributed by atoms with Crippen LogP contribution in [0.15, 0.2) is 29.2 Å². The predicted octanol–water partition coefficient (Wildman–Crippen LogP) is 3.66. The van der Waals surface area contributed by atoms with Crippen LogP contribution in [0.2, 0.25) is 0 Å². The van der Waals surface area contributed by atoms with Crippen LogP contribution in [0.4, 0.5) is 8.78 Å². The largest absolute Gasteiger partial charge is 0.395 e. The third-order valence-electron chi connectivity index (χ3n) is 3.80. The molecular weight excluding hydrogens is 242 g/mol. The summed E-state index contributed by atoms with van der Waals surface area (Å²) in [6, 6.07) is 7.16. The Bertz CT molecular complexity index is 420. The maximum Gasteiger partial charge on any atom is 0.288 e. The monoisotopic (exact) mass is 258 g/mol. The second-order valence-electron chi connectivity index (χ2n) is 5.21. The third-order valence-corrected chi connectivity index (χ3v) is 4.50. The van der Waals surface area contributed by atoms with Gasteiger partial charge in [-0.05, 0) is 29.5 Å². The highest BCUT2D eigenvalue weighted by Crippen LogP contribution is 2.64. The first-order valence-electron chi connectivity index (χ1n) is 5.57. The smallest absolute Gasteiger partial charge is 0.288 e. The Morgan fingerprint density at radius 2 is 2.06 bits per heavy atom. The normalized spacial score (nSPS) is 26.2. The lowest BCUT2D eigenvalue weighted by Gasteiger charge is -2.19. The zero-order valence-corrected chi connectivity index (χ0v) is 10.7. The number of thioether (sulfide) groups is 1. The van der Waals surface area contributed by atoms with E-state index in [1.165, 1.54) is 0 Å². The third kappa shape index (κ3) is 2.20. The van der Waals surface area contributed by atoms with E-state index >= 15 is 0 Å². The van der Waals surface area contributed by atoms with Gasteiger partial charge < -0.3 is 5.11 Å². The van der Waals surface area contributed by atoms with Crippen LogP contribution in [0, 0.1) is 5.41 Å². The molecule has 1 aliphatic carbocycles. The van der Waals surface area contributed by atoms with Crippen molar-refractivity contribution in [3.05, 3.63) is 29.8 Å². The summed E-state index contributed by atoms with van der Waals surface area (Å²) in [7, 11) is 0. The van der Waals surface area contributed by atoms with Gasteiger partial charge in [0.2, 0.25) is 0 Å². The van der Waals surface area contributed by atoms with Crippen molar-refractivity contribution in [3.8, 4) is 0 Å². The Morgan fingerprint density at radius 1 is 1.41 bits per heavy atom. The lowest BCUT2D eigenvalue weighted by Crippen LogP contribution is -2.19. The van der Waals surface area contributed by atoms with Crippen LogP contribution in [0.25, 0.3) is 0 Å². The van der Waals surface area contributed by atoms with E-state index in [0.717, 1.165) is 12.0 Å². The molecule has 0 bridgehead atoms. The average Bonchev–Trinajstić information content (AvgIpc) is 2.82. The summed E-state index contributed by atoms with van der Waals surface area (Å²) in [6.07, 6.45) is 0.902. The lowest BCUT2D eigenvalue weighted by molar-refractivity contribution is 0.231. The number of benzene rings is 1. The lowest BCUT2D eigenvalue weighted by atomic mass is 9.89. The van der Waals surface area contributed by atoms with E-state index < -0.39 is 5.76 Å². The fourth-order valence-corrected chi connectivity index (χ4v) is 3.09. The number of alkyl halides is 2. The minimum absolute atomic E-state index is 0.0515. The highest BCUT2D eigenvalue weighted by atomic mass is 32.2. The van der Waals surface area contributed by atoms with Crippen LogP contribution < -0.4 is 0 Å². The van der Waals surface area contributed by atoms with Gasteiger partial charge in [0, 0.05) is 10.3 Å². The molecule has 1 nitrogen and oxygen atoms in total. The Hall–Kier alpha value is -0.610. The zero-order valence-electron chi connectivity index (χ0n) is 9.91. The first-order chi connectivity index (χ1) is 7.91. The summed E-state index contributed by atoms with van der Waals surface area (Å²) in [5.74, 6) is -2.40. The van der Waals surface area contributed by atoms with E-state index in [0.29, 0.717) is 16.7 Å². The van der Waals surface area contributed by atoms with Gasteiger partial charge in [-0.1, -0.05) is 37.7 Å². The quantitative estimate of drug-likeness (QED) is 0.832. The van der Waals surface area contributed by atoms with E-state index in [4.69, 9.17) is 0 Å². The van der Waals surface area contributed by atoms with E-state index in [2.05, 4.69) is 13.8 Å². The van der Waals surface area contributed by atoms with Gasteiger partial charge in [-0.3, -0.25) is 0 Å². The highest BCUT2D eigenvalue weighted by Gasteiger charge is 2.61. The molecule has 1 unspecified atom stereocenters. The van der Waals surface area contributed by atoms with Crippen molar-refractivity contribution in [3.63, 3.8) is 0 Å². The minimum atomic E-state index is -2.40. The van der Waals surface area contributed by atoms with Gasteiger partial charge in [-0.2, -0.15) is 8.78 Å². The molecule has 0 amide bonds. The second-order valence-corrected chi connectivity index (χ2v) is 6.27. The molecule has 0 radical (unpaired) electrons. The van der Waals surface area contributed by atoms with E-state index in [-0.39, 0.29) is 17.4 Å². The highest BCUT2D eigenvalue weighted by molar-refractivity contribution is 7.99. The topological polar surface area (TPSA) is 20.2 Å². The maximum absolute atomic E-state index is 12.3. The first kappa shape index (κ1) is 12.8.